The molecular formula is C17H19F3N4O. The Hall–Kier alpha value is -2.35. The molecule has 1 aliphatic heterocycles. The maximum Gasteiger partial charge on any atom is 0.224 e. The van der Waals surface area contributed by atoms with Gasteiger partial charge in [-0.25, -0.2) is 18.2 Å². The Kier molecular flexibility index (Phi) is 4.80. The summed E-state index contributed by atoms with van der Waals surface area (Å²) in [5.41, 5.74) is 6.78. The standard InChI is InChI=1S/C17H19F3N4O/c1-10-8-23-2-3-24(9-16(23)22-10)17(25)6-12(21)4-11-5-14(19)15(20)7-13(11)18/h5,7-8,12H,2-4,6,9,21H2,1H3/t12-/m1/s1. The molecule has 3 rings (SSSR count). The number of hydrogen-bond acceptors (Lipinski definition) is 3. The van der Waals surface area contributed by atoms with Crippen molar-refractivity contribution in [2.45, 2.75) is 38.9 Å². The summed E-state index contributed by atoms with van der Waals surface area (Å²) in [6.07, 6.45) is 1.89. The van der Waals surface area contributed by atoms with E-state index in [1.54, 1.807) is 4.90 Å². The molecule has 1 amide bonds. The molecule has 1 aromatic carbocycles. The number of aromatic nitrogens is 2. The lowest BCUT2D eigenvalue weighted by Crippen LogP contribution is -2.41. The van der Waals surface area contributed by atoms with E-state index in [9.17, 15) is 18.0 Å². The van der Waals surface area contributed by atoms with Crippen LogP contribution in [0.25, 0.3) is 0 Å². The van der Waals surface area contributed by atoms with Gasteiger partial charge in [0.05, 0.1) is 12.2 Å². The van der Waals surface area contributed by atoms with Crippen LogP contribution in [-0.4, -0.2) is 32.9 Å². The zero-order valence-corrected chi connectivity index (χ0v) is 13.8. The van der Waals surface area contributed by atoms with Gasteiger partial charge in [-0.2, -0.15) is 0 Å². The van der Waals surface area contributed by atoms with Gasteiger partial charge in [-0.3, -0.25) is 4.79 Å². The van der Waals surface area contributed by atoms with E-state index in [2.05, 4.69) is 4.98 Å². The Morgan fingerprint density at radius 2 is 1.96 bits per heavy atom. The van der Waals surface area contributed by atoms with Crippen LogP contribution >= 0.6 is 0 Å². The van der Waals surface area contributed by atoms with Gasteiger partial charge in [0.1, 0.15) is 11.6 Å². The van der Waals surface area contributed by atoms with Crippen LogP contribution in [0.4, 0.5) is 13.2 Å². The van der Waals surface area contributed by atoms with Crippen LogP contribution in [0.2, 0.25) is 0 Å². The number of rotatable bonds is 4. The number of amides is 1. The van der Waals surface area contributed by atoms with Gasteiger partial charge in [0.25, 0.3) is 0 Å². The van der Waals surface area contributed by atoms with Crippen LogP contribution in [0.3, 0.4) is 0 Å². The topological polar surface area (TPSA) is 64.2 Å². The van der Waals surface area contributed by atoms with Crippen molar-refractivity contribution in [2.24, 2.45) is 5.73 Å². The second-order valence-electron chi connectivity index (χ2n) is 6.33. The number of nitrogens with zero attached hydrogens (tertiary/aromatic N) is 3. The summed E-state index contributed by atoms with van der Waals surface area (Å²) in [7, 11) is 0. The van der Waals surface area contributed by atoms with E-state index < -0.39 is 23.5 Å². The Balaban J connectivity index is 1.61. The summed E-state index contributed by atoms with van der Waals surface area (Å²) in [5, 5.41) is 0. The minimum absolute atomic E-state index is 0.00186. The third-order valence-corrected chi connectivity index (χ3v) is 4.28. The minimum Gasteiger partial charge on any atom is -0.333 e. The Morgan fingerprint density at radius 3 is 2.72 bits per heavy atom. The van der Waals surface area contributed by atoms with Crippen LogP contribution < -0.4 is 5.73 Å². The molecule has 0 saturated carbocycles. The normalized spacial score (nSPS) is 15.2. The summed E-state index contributed by atoms with van der Waals surface area (Å²) in [5.74, 6) is -2.59. The van der Waals surface area contributed by atoms with Gasteiger partial charge in [0, 0.05) is 37.8 Å². The first-order chi connectivity index (χ1) is 11.8. The molecule has 0 bridgehead atoms. The molecule has 134 valence electrons. The maximum absolute atomic E-state index is 13.7. The monoisotopic (exact) mass is 352 g/mol. The highest BCUT2D eigenvalue weighted by Gasteiger charge is 2.24. The average molecular weight is 352 g/mol. The van der Waals surface area contributed by atoms with E-state index in [0.717, 1.165) is 17.6 Å². The number of fused-ring (bicyclic) bond motifs is 1. The lowest BCUT2D eigenvalue weighted by molar-refractivity contribution is -0.133. The van der Waals surface area contributed by atoms with Crippen molar-refractivity contribution in [3.63, 3.8) is 0 Å². The SMILES string of the molecule is Cc1cn2c(n1)CN(C(=O)C[C@H](N)Cc1cc(F)c(F)cc1F)CC2. The Bertz CT molecular complexity index is 805. The van der Waals surface area contributed by atoms with Crippen LogP contribution in [0.1, 0.15) is 23.5 Å². The highest BCUT2D eigenvalue weighted by molar-refractivity contribution is 5.76. The van der Waals surface area contributed by atoms with Gasteiger partial charge < -0.3 is 15.2 Å². The third kappa shape index (κ3) is 3.84. The number of aryl methyl sites for hydroxylation is 1. The lowest BCUT2D eigenvalue weighted by atomic mass is 10.0. The summed E-state index contributed by atoms with van der Waals surface area (Å²) in [6.45, 7) is 3.51. The molecule has 8 heteroatoms. The molecule has 0 spiro atoms. The average Bonchev–Trinajstić information content (AvgIpc) is 2.91. The first-order valence-corrected chi connectivity index (χ1v) is 8.03. The van der Waals surface area contributed by atoms with Gasteiger partial charge >= 0.3 is 0 Å². The van der Waals surface area contributed by atoms with Crippen LogP contribution in [0.5, 0.6) is 0 Å². The zero-order chi connectivity index (χ0) is 18.1. The number of benzene rings is 1. The fourth-order valence-corrected chi connectivity index (χ4v) is 3.04. The molecule has 0 aliphatic carbocycles. The van der Waals surface area contributed by atoms with Crippen molar-refractivity contribution in [3.05, 3.63) is 52.9 Å². The maximum atomic E-state index is 13.7. The highest BCUT2D eigenvalue weighted by Crippen LogP contribution is 2.17. The molecule has 5 nitrogen and oxygen atoms in total. The van der Waals surface area contributed by atoms with E-state index >= 15 is 0 Å². The zero-order valence-electron chi connectivity index (χ0n) is 13.8. The van der Waals surface area contributed by atoms with Gasteiger partial charge in [-0.05, 0) is 25.0 Å². The lowest BCUT2D eigenvalue weighted by Gasteiger charge is -2.28. The second kappa shape index (κ2) is 6.87. The van der Waals surface area contributed by atoms with Crippen molar-refractivity contribution < 1.29 is 18.0 Å². The molecule has 1 atom stereocenters. The molecule has 0 fully saturated rings. The molecule has 2 N–H and O–H groups in total. The van der Waals surface area contributed by atoms with Crippen molar-refractivity contribution in [2.75, 3.05) is 6.54 Å². The molecular weight excluding hydrogens is 333 g/mol. The summed E-state index contributed by atoms with van der Waals surface area (Å²) < 4.78 is 41.9. The summed E-state index contributed by atoms with van der Waals surface area (Å²) in [4.78, 5) is 18.4. The quantitative estimate of drug-likeness (QED) is 0.855. The first kappa shape index (κ1) is 17.5. The summed E-state index contributed by atoms with van der Waals surface area (Å²) >= 11 is 0. The van der Waals surface area contributed by atoms with Crippen molar-refractivity contribution in [1.82, 2.24) is 14.5 Å². The first-order valence-electron chi connectivity index (χ1n) is 8.03. The van der Waals surface area contributed by atoms with E-state index in [1.807, 2.05) is 17.7 Å². The van der Waals surface area contributed by atoms with E-state index in [4.69, 9.17) is 5.73 Å². The van der Waals surface area contributed by atoms with Gasteiger partial charge in [-0.15, -0.1) is 0 Å². The Labute approximate surface area is 143 Å². The van der Waals surface area contributed by atoms with Gasteiger partial charge in [0.2, 0.25) is 5.91 Å². The molecule has 0 saturated heterocycles. The fourth-order valence-electron chi connectivity index (χ4n) is 3.04. The van der Waals surface area contributed by atoms with E-state index in [1.165, 1.54) is 0 Å². The van der Waals surface area contributed by atoms with Crippen molar-refractivity contribution >= 4 is 5.91 Å². The number of imidazole rings is 1. The highest BCUT2D eigenvalue weighted by atomic mass is 19.2. The molecule has 2 heterocycles. The van der Waals surface area contributed by atoms with Crippen molar-refractivity contribution in [3.8, 4) is 0 Å². The third-order valence-electron chi connectivity index (χ3n) is 4.28. The van der Waals surface area contributed by atoms with Gasteiger partial charge in [-0.1, -0.05) is 0 Å². The molecule has 0 unspecified atom stereocenters. The molecule has 25 heavy (non-hydrogen) atoms. The minimum atomic E-state index is -1.25. The second-order valence-corrected chi connectivity index (χ2v) is 6.33. The predicted octanol–water partition coefficient (Wildman–Crippen LogP) is 1.91. The van der Waals surface area contributed by atoms with Crippen LogP contribution in [0, 0.1) is 24.4 Å². The Morgan fingerprint density at radius 1 is 1.24 bits per heavy atom. The molecule has 2 aromatic rings. The van der Waals surface area contributed by atoms with E-state index in [-0.39, 0.29) is 24.3 Å². The predicted molar refractivity (Wildman–Crippen MR) is 85.0 cm³/mol. The smallest absolute Gasteiger partial charge is 0.224 e. The number of carbonyl (C=O) groups is 1. The summed E-state index contributed by atoms with van der Waals surface area (Å²) in [6, 6.07) is 0.594. The number of carbonyl (C=O) groups excluding carboxylic acids is 1. The van der Waals surface area contributed by atoms with E-state index in [0.29, 0.717) is 25.7 Å². The molecule has 0 radical (unpaired) electrons. The number of halogens is 3. The fraction of sp³-hybridized carbons (Fsp3) is 0.412. The van der Waals surface area contributed by atoms with Crippen LogP contribution in [0.15, 0.2) is 18.3 Å². The molecule has 1 aliphatic rings. The van der Waals surface area contributed by atoms with Crippen molar-refractivity contribution in [1.29, 1.82) is 0 Å². The largest absolute Gasteiger partial charge is 0.333 e. The number of hydrogen-bond donors (Lipinski definition) is 1. The molecule has 1 aromatic heterocycles. The van der Waals surface area contributed by atoms with Gasteiger partial charge in [0.15, 0.2) is 11.6 Å². The number of nitrogens with two attached hydrogens (primary N) is 1. The van der Waals surface area contributed by atoms with Crippen LogP contribution in [-0.2, 0) is 24.3 Å².